The monoisotopic (exact) mass is 449 g/mol. The average Bonchev–Trinajstić information content (AvgIpc) is 3.54. The molecule has 1 amide bonds. The van der Waals surface area contributed by atoms with Crippen molar-refractivity contribution in [2.45, 2.75) is 37.2 Å². The summed E-state index contributed by atoms with van der Waals surface area (Å²) in [5.74, 6) is -1.69. The third kappa shape index (κ3) is 4.32. The molecule has 4 atom stereocenters. The lowest BCUT2D eigenvalue weighted by molar-refractivity contribution is -0.194. The molecule has 2 aromatic rings. The molecular formula is C22H21Cl2NO5. The van der Waals surface area contributed by atoms with Crippen molar-refractivity contribution >= 4 is 35.1 Å². The van der Waals surface area contributed by atoms with Crippen LogP contribution in [-0.4, -0.2) is 45.7 Å². The third-order valence-electron chi connectivity index (χ3n) is 5.52. The minimum atomic E-state index is -1.97. The number of carboxylic acid groups (broad SMARTS) is 1. The highest BCUT2D eigenvalue weighted by molar-refractivity contribution is 6.30. The molecule has 2 aliphatic rings. The lowest BCUT2D eigenvalue weighted by Crippen LogP contribution is -2.56. The quantitative estimate of drug-likeness (QED) is 0.698. The summed E-state index contributed by atoms with van der Waals surface area (Å²) in [6, 6.07) is 13.7. The van der Waals surface area contributed by atoms with Crippen LogP contribution >= 0.6 is 23.2 Å². The lowest BCUT2D eigenvalue weighted by Gasteiger charge is -2.45. The molecule has 1 aliphatic heterocycles. The summed E-state index contributed by atoms with van der Waals surface area (Å²) in [5.41, 5.74) is 1.50. The summed E-state index contributed by atoms with van der Waals surface area (Å²) in [7, 11) is 0. The van der Waals surface area contributed by atoms with E-state index in [0.29, 0.717) is 28.1 Å². The summed E-state index contributed by atoms with van der Waals surface area (Å²) in [6.45, 7) is 0.468. The van der Waals surface area contributed by atoms with Crippen molar-refractivity contribution in [3.63, 3.8) is 0 Å². The maximum absolute atomic E-state index is 13.3. The number of aliphatic hydroxyl groups excluding tert-OH is 1. The van der Waals surface area contributed by atoms with Crippen LogP contribution in [0.2, 0.25) is 10.0 Å². The van der Waals surface area contributed by atoms with Gasteiger partial charge in [0.1, 0.15) is 6.10 Å². The van der Waals surface area contributed by atoms with Crippen LogP contribution < -0.4 is 0 Å². The van der Waals surface area contributed by atoms with E-state index in [1.54, 1.807) is 35.2 Å². The molecule has 1 heterocycles. The first-order chi connectivity index (χ1) is 14.3. The largest absolute Gasteiger partial charge is 0.479 e. The molecule has 1 saturated carbocycles. The topological polar surface area (TPSA) is 87.1 Å². The van der Waals surface area contributed by atoms with E-state index in [-0.39, 0.29) is 0 Å². The molecule has 6 nitrogen and oxygen atoms in total. The number of morpholine rings is 1. The molecule has 2 aromatic carbocycles. The molecule has 8 heteroatoms. The molecule has 1 saturated heterocycles. The number of aliphatic carboxylic acids is 1. The van der Waals surface area contributed by atoms with Crippen LogP contribution in [0.1, 0.15) is 36.1 Å². The van der Waals surface area contributed by atoms with Gasteiger partial charge in [-0.1, -0.05) is 47.5 Å². The smallest absolute Gasteiger partial charge is 0.335 e. The van der Waals surface area contributed by atoms with Crippen LogP contribution in [0.15, 0.2) is 48.5 Å². The number of carboxylic acids is 1. The van der Waals surface area contributed by atoms with Crippen LogP contribution in [0.3, 0.4) is 0 Å². The van der Waals surface area contributed by atoms with Crippen molar-refractivity contribution in [1.29, 1.82) is 0 Å². The lowest BCUT2D eigenvalue weighted by atomic mass is 9.90. The fourth-order valence-electron chi connectivity index (χ4n) is 3.83. The highest BCUT2D eigenvalue weighted by atomic mass is 35.5. The standard InChI is InChI=1S/C22H21Cl2NO5/c23-15-8-6-13(7-9-15)17-19(14-2-1-3-16(24)10-14)30-20(18(26)22(28)29)21(27)25(17)11-12-4-5-12/h1-3,6-10,12,17-20,26H,4-5,11H2,(H,28,29)/t17-,18+,19+,20+/m0/s1. The Bertz CT molecular complexity index is 947. The van der Waals surface area contributed by atoms with Crippen molar-refractivity contribution in [3.05, 3.63) is 69.7 Å². The molecule has 30 heavy (non-hydrogen) atoms. The van der Waals surface area contributed by atoms with Crippen molar-refractivity contribution in [1.82, 2.24) is 4.90 Å². The minimum Gasteiger partial charge on any atom is -0.479 e. The first kappa shape index (κ1) is 21.1. The van der Waals surface area contributed by atoms with E-state index < -0.39 is 36.2 Å². The molecule has 0 bridgehead atoms. The van der Waals surface area contributed by atoms with E-state index in [2.05, 4.69) is 0 Å². The number of halogens is 2. The van der Waals surface area contributed by atoms with E-state index in [1.807, 2.05) is 18.2 Å². The number of aliphatic hydroxyl groups is 1. The van der Waals surface area contributed by atoms with Gasteiger partial charge in [0, 0.05) is 16.6 Å². The molecule has 0 aromatic heterocycles. The van der Waals surface area contributed by atoms with Gasteiger partial charge in [-0.15, -0.1) is 0 Å². The van der Waals surface area contributed by atoms with Crippen LogP contribution in [0.5, 0.6) is 0 Å². The maximum Gasteiger partial charge on any atom is 0.335 e. The Labute approximate surface area is 184 Å². The number of carbonyl (C=O) groups excluding carboxylic acids is 1. The first-order valence-electron chi connectivity index (χ1n) is 9.73. The van der Waals surface area contributed by atoms with Crippen LogP contribution in [0.4, 0.5) is 0 Å². The summed E-state index contributed by atoms with van der Waals surface area (Å²) in [4.78, 5) is 26.3. The Balaban J connectivity index is 1.81. The summed E-state index contributed by atoms with van der Waals surface area (Å²) in [5, 5.41) is 20.6. The van der Waals surface area contributed by atoms with E-state index in [0.717, 1.165) is 18.4 Å². The zero-order valence-electron chi connectivity index (χ0n) is 15.9. The Kier molecular flexibility index (Phi) is 6.02. The molecule has 4 rings (SSSR count). The van der Waals surface area contributed by atoms with Crippen molar-refractivity contribution in [2.24, 2.45) is 5.92 Å². The normalized spacial score (nSPS) is 25.2. The van der Waals surface area contributed by atoms with Gasteiger partial charge in [0.25, 0.3) is 5.91 Å². The number of hydrogen-bond acceptors (Lipinski definition) is 4. The minimum absolute atomic E-state index is 0.351. The molecule has 0 spiro atoms. The Morgan fingerprint density at radius 3 is 2.40 bits per heavy atom. The Morgan fingerprint density at radius 2 is 1.80 bits per heavy atom. The van der Waals surface area contributed by atoms with E-state index >= 15 is 0 Å². The molecule has 1 aliphatic carbocycles. The third-order valence-corrected chi connectivity index (χ3v) is 6.01. The number of rotatable bonds is 6. The second-order valence-electron chi connectivity index (χ2n) is 7.75. The number of amides is 1. The first-order valence-corrected chi connectivity index (χ1v) is 10.5. The summed E-state index contributed by atoms with van der Waals surface area (Å²) in [6.07, 6.45) is -2.17. The molecule has 0 radical (unpaired) electrons. The highest BCUT2D eigenvalue weighted by Gasteiger charge is 2.49. The van der Waals surface area contributed by atoms with E-state index in [9.17, 15) is 19.8 Å². The predicted molar refractivity (Wildman–Crippen MR) is 111 cm³/mol. The average molecular weight is 450 g/mol. The number of carbonyl (C=O) groups is 2. The molecule has 0 unspecified atom stereocenters. The number of ether oxygens (including phenoxy) is 1. The zero-order valence-corrected chi connectivity index (χ0v) is 17.5. The summed E-state index contributed by atoms with van der Waals surface area (Å²) < 4.78 is 5.98. The second-order valence-corrected chi connectivity index (χ2v) is 8.62. The van der Waals surface area contributed by atoms with Crippen LogP contribution in [-0.2, 0) is 14.3 Å². The van der Waals surface area contributed by atoms with Crippen molar-refractivity contribution in [2.75, 3.05) is 6.54 Å². The molecular weight excluding hydrogens is 429 g/mol. The van der Waals surface area contributed by atoms with Gasteiger partial charge in [-0.3, -0.25) is 4.79 Å². The van der Waals surface area contributed by atoms with Crippen molar-refractivity contribution < 1.29 is 24.5 Å². The van der Waals surface area contributed by atoms with Gasteiger partial charge in [0.15, 0.2) is 12.2 Å². The van der Waals surface area contributed by atoms with Gasteiger partial charge >= 0.3 is 5.97 Å². The van der Waals surface area contributed by atoms with Gasteiger partial charge < -0.3 is 19.8 Å². The van der Waals surface area contributed by atoms with Crippen molar-refractivity contribution in [3.8, 4) is 0 Å². The van der Waals surface area contributed by atoms with Crippen LogP contribution in [0, 0.1) is 5.92 Å². The predicted octanol–water partition coefficient (Wildman–Crippen LogP) is 3.86. The van der Waals surface area contributed by atoms with E-state index in [1.165, 1.54) is 0 Å². The molecule has 158 valence electrons. The SMILES string of the molecule is O=C(O)[C@H](O)[C@H]1O[C@H](c2cccc(Cl)c2)[C@H](c2ccc(Cl)cc2)N(CC2CC2)C1=O. The fraction of sp³-hybridized carbons (Fsp3) is 0.364. The maximum atomic E-state index is 13.3. The number of hydrogen-bond donors (Lipinski definition) is 2. The molecule has 2 N–H and O–H groups in total. The number of benzene rings is 2. The van der Waals surface area contributed by atoms with E-state index in [4.69, 9.17) is 27.9 Å². The Hall–Kier alpha value is -2.12. The van der Waals surface area contributed by atoms with Gasteiger partial charge in [0.2, 0.25) is 0 Å². The zero-order chi connectivity index (χ0) is 21.4. The highest BCUT2D eigenvalue weighted by Crippen LogP contribution is 2.45. The second kappa shape index (κ2) is 8.55. The fourth-order valence-corrected chi connectivity index (χ4v) is 4.16. The summed E-state index contributed by atoms with van der Waals surface area (Å²) >= 11 is 12.2. The van der Waals surface area contributed by atoms with Gasteiger partial charge in [-0.25, -0.2) is 4.79 Å². The Morgan fingerprint density at radius 1 is 1.10 bits per heavy atom. The van der Waals surface area contributed by atoms with Gasteiger partial charge in [-0.2, -0.15) is 0 Å². The number of nitrogens with zero attached hydrogens (tertiary/aromatic N) is 1. The van der Waals surface area contributed by atoms with Crippen LogP contribution in [0.25, 0.3) is 0 Å². The molecule has 2 fully saturated rings. The van der Waals surface area contributed by atoms with Gasteiger partial charge in [0.05, 0.1) is 6.04 Å². The van der Waals surface area contributed by atoms with Gasteiger partial charge in [-0.05, 0) is 54.2 Å².